The van der Waals surface area contributed by atoms with E-state index < -0.39 is 6.61 Å². The second kappa shape index (κ2) is 9.28. The van der Waals surface area contributed by atoms with Crippen LogP contribution in [0, 0.1) is 0 Å². The molecule has 7 heteroatoms. The van der Waals surface area contributed by atoms with Crippen molar-refractivity contribution in [3.05, 3.63) is 29.8 Å². The topological polar surface area (TPSA) is 46.0 Å². The van der Waals surface area contributed by atoms with Gasteiger partial charge in [0.25, 0.3) is 0 Å². The highest BCUT2D eigenvalue weighted by atomic mass is 35.5. The summed E-state index contributed by atoms with van der Waals surface area (Å²) in [5, 5.41) is 4.04. The minimum Gasteiger partial charge on any atom is -0.434 e. The van der Waals surface area contributed by atoms with E-state index in [4.69, 9.17) is 0 Å². The second-order valence-corrected chi connectivity index (χ2v) is 4.43. The van der Waals surface area contributed by atoms with Crippen LogP contribution in [-0.4, -0.2) is 25.2 Å². The van der Waals surface area contributed by atoms with E-state index >= 15 is 0 Å². The Balaban J connectivity index is 0.00000220. The number of nitrogens with zero attached hydrogens (tertiary/aromatic N) is 2. The average Bonchev–Trinajstić information content (AvgIpc) is 2.69. The summed E-state index contributed by atoms with van der Waals surface area (Å²) in [6.45, 7) is -2.04. The van der Waals surface area contributed by atoms with Gasteiger partial charge in [-0.05, 0) is 25.0 Å². The lowest BCUT2D eigenvalue weighted by Crippen LogP contribution is -2.17. The Morgan fingerprint density at radius 2 is 2.05 bits per heavy atom. The summed E-state index contributed by atoms with van der Waals surface area (Å²) < 4.78 is 28.9. The molecule has 0 spiro atoms. The molecule has 0 atom stereocenters. The van der Waals surface area contributed by atoms with Crippen molar-refractivity contribution in [3.63, 3.8) is 0 Å². The summed E-state index contributed by atoms with van der Waals surface area (Å²) in [4.78, 5) is 4.37. The lowest BCUT2D eigenvalue weighted by Gasteiger charge is -2.07. The predicted molar refractivity (Wildman–Crippen MR) is 81.8 cm³/mol. The van der Waals surface area contributed by atoms with Crippen molar-refractivity contribution in [2.24, 2.45) is 10.1 Å². The molecule has 0 unspecified atom stereocenters. The fourth-order valence-corrected chi connectivity index (χ4v) is 1.93. The minimum absolute atomic E-state index is 0. The van der Waals surface area contributed by atoms with Crippen molar-refractivity contribution in [2.45, 2.75) is 32.3 Å². The van der Waals surface area contributed by atoms with Gasteiger partial charge in [0.15, 0.2) is 0 Å². The van der Waals surface area contributed by atoms with Crippen LogP contribution in [0.4, 0.5) is 8.78 Å². The maximum absolute atomic E-state index is 12.3. The van der Waals surface area contributed by atoms with Crippen LogP contribution in [0.1, 0.15) is 31.2 Å². The third-order valence-corrected chi connectivity index (χ3v) is 2.91. The number of amidine groups is 1. The van der Waals surface area contributed by atoms with Crippen LogP contribution in [-0.2, 0) is 0 Å². The first kappa shape index (κ1) is 17.4. The Morgan fingerprint density at radius 1 is 1.24 bits per heavy atom. The Hall–Kier alpha value is -1.69. The molecule has 116 valence electrons. The lowest BCUT2D eigenvalue weighted by atomic mass is 10.2. The van der Waals surface area contributed by atoms with E-state index in [0.29, 0.717) is 5.56 Å². The zero-order valence-corrected chi connectivity index (χ0v) is 12.3. The fraction of sp³-hybridized carbons (Fsp3) is 0.429. The first-order valence-electron chi connectivity index (χ1n) is 6.62. The van der Waals surface area contributed by atoms with E-state index in [0.717, 1.165) is 31.6 Å². The van der Waals surface area contributed by atoms with Crippen molar-refractivity contribution < 1.29 is 13.5 Å². The van der Waals surface area contributed by atoms with Crippen molar-refractivity contribution >= 4 is 24.5 Å². The number of halogens is 3. The summed E-state index contributed by atoms with van der Waals surface area (Å²) in [7, 11) is 0. The quantitative estimate of drug-likeness (QED) is 0.681. The molecule has 4 nitrogen and oxygen atoms in total. The summed E-state index contributed by atoms with van der Waals surface area (Å²) in [6.07, 6.45) is 5.69. The molecule has 1 aromatic carbocycles. The van der Waals surface area contributed by atoms with Gasteiger partial charge in [0.05, 0.1) is 6.21 Å². The molecule has 0 fully saturated rings. The van der Waals surface area contributed by atoms with Crippen LogP contribution >= 0.6 is 12.4 Å². The number of benzene rings is 1. The number of para-hydroxylation sites is 1. The highest BCUT2D eigenvalue weighted by Crippen LogP contribution is 2.18. The molecular formula is C14H18ClF2N3O. The van der Waals surface area contributed by atoms with E-state index in [-0.39, 0.29) is 18.2 Å². The smallest absolute Gasteiger partial charge is 0.387 e. The van der Waals surface area contributed by atoms with Gasteiger partial charge >= 0.3 is 6.61 Å². The Morgan fingerprint density at radius 3 is 2.86 bits per heavy atom. The number of rotatable bonds is 4. The normalized spacial score (nSPS) is 15.3. The highest BCUT2D eigenvalue weighted by Gasteiger charge is 2.07. The molecule has 0 amide bonds. The number of hydrogen-bond donors (Lipinski definition) is 1. The van der Waals surface area contributed by atoms with Crippen LogP contribution < -0.4 is 10.2 Å². The minimum atomic E-state index is -2.84. The van der Waals surface area contributed by atoms with E-state index in [1.807, 2.05) is 0 Å². The SMILES string of the molecule is Cl.FC(F)Oc1ccccc1C=NNC1=NCCCCC1. The first-order chi connectivity index (χ1) is 9.75. The van der Waals surface area contributed by atoms with Gasteiger partial charge in [-0.3, -0.25) is 10.4 Å². The standard InChI is InChI=1S/C14H17F2N3O.ClH/c15-14(16)20-12-7-4-3-6-11(12)10-18-19-13-8-2-1-5-9-17-13;/h3-4,6-7,10,14H,1-2,5,8-9H2,(H,17,19);1H. The Labute approximate surface area is 128 Å². The monoisotopic (exact) mass is 317 g/mol. The molecular weight excluding hydrogens is 300 g/mol. The molecule has 2 rings (SSSR count). The largest absolute Gasteiger partial charge is 0.434 e. The molecule has 1 aromatic rings. The van der Waals surface area contributed by atoms with Gasteiger partial charge in [-0.2, -0.15) is 13.9 Å². The molecule has 1 heterocycles. The van der Waals surface area contributed by atoms with E-state index in [9.17, 15) is 8.78 Å². The Kier molecular flexibility index (Phi) is 7.68. The molecule has 1 N–H and O–H groups in total. The zero-order valence-electron chi connectivity index (χ0n) is 11.5. The van der Waals surface area contributed by atoms with Gasteiger partial charge in [0, 0.05) is 18.5 Å². The number of ether oxygens (including phenoxy) is 1. The van der Waals surface area contributed by atoms with Crippen LogP contribution in [0.15, 0.2) is 34.4 Å². The van der Waals surface area contributed by atoms with Gasteiger partial charge in [-0.15, -0.1) is 12.4 Å². The number of alkyl halides is 2. The van der Waals surface area contributed by atoms with Crippen molar-refractivity contribution in [3.8, 4) is 5.75 Å². The van der Waals surface area contributed by atoms with Crippen molar-refractivity contribution in [2.75, 3.05) is 6.54 Å². The molecule has 0 aliphatic carbocycles. The van der Waals surface area contributed by atoms with Gasteiger partial charge in [0.2, 0.25) is 0 Å². The third-order valence-electron chi connectivity index (χ3n) is 2.91. The number of hydrazone groups is 1. The molecule has 1 aliphatic heterocycles. The van der Waals surface area contributed by atoms with Crippen molar-refractivity contribution in [1.29, 1.82) is 0 Å². The van der Waals surface area contributed by atoms with Crippen LogP contribution in [0.5, 0.6) is 5.75 Å². The molecule has 0 saturated carbocycles. The zero-order chi connectivity index (χ0) is 14.2. The Bertz CT molecular complexity index is 495. The number of aliphatic imine (C=N–C) groups is 1. The lowest BCUT2D eigenvalue weighted by molar-refractivity contribution is -0.0499. The number of hydrogen-bond acceptors (Lipinski definition) is 4. The third kappa shape index (κ3) is 6.08. The van der Waals surface area contributed by atoms with Crippen molar-refractivity contribution in [1.82, 2.24) is 5.43 Å². The highest BCUT2D eigenvalue weighted by molar-refractivity contribution is 5.87. The molecule has 1 aliphatic rings. The van der Waals surface area contributed by atoms with Gasteiger partial charge in [0.1, 0.15) is 11.6 Å². The maximum atomic E-state index is 12.3. The molecule has 0 aromatic heterocycles. The predicted octanol–water partition coefficient (Wildman–Crippen LogP) is 3.61. The summed E-state index contributed by atoms with van der Waals surface area (Å²) in [5.41, 5.74) is 3.36. The fourth-order valence-electron chi connectivity index (χ4n) is 1.93. The molecule has 0 saturated heterocycles. The van der Waals surface area contributed by atoms with Crippen LogP contribution in [0.2, 0.25) is 0 Å². The summed E-state index contributed by atoms with van der Waals surface area (Å²) in [5.74, 6) is 0.946. The van der Waals surface area contributed by atoms with Crippen LogP contribution in [0.25, 0.3) is 0 Å². The van der Waals surface area contributed by atoms with E-state index in [2.05, 4.69) is 20.3 Å². The number of nitrogens with one attached hydrogen (secondary N) is 1. The summed E-state index contributed by atoms with van der Waals surface area (Å²) in [6, 6.07) is 6.52. The van der Waals surface area contributed by atoms with Gasteiger partial charge in [-0.25, -0.2) is 0 Å². The van der Waals surface area contributed by atoms with E-state index in [1.54, 1.807) is 18.2 Å². The molecule has 0 radical (unpaired) electrons. The second-order valence-electron chi connectivity index (χ2n) is 4.43. The average molecular weight is 318 g/mol. The maximum Gasteiger partial charge on any atom is 0.387 e. The van der Waals surface area contributed by atoms with Gasteiger partial charge in [-0.1, -0.05) is 18.6 Å². The van der Waals surface area contributed by atoms with E-state index in [1.165, 1.54) is 18.7 Å². The summed E-state index contributed by atoms with van der Waals surface area (Å²) >= 11 is 0. The first-order valence-corrected chi connectivity index (χ1v) is 6.62. The molecule has 0 bridgehead atoms. The van der Waals surface area contributed by atoms with Crippen LogP contribution in [0.3, 0.4) is 0 Å². The van der Waals surface area contributed by atoms with Gasteiger partial charge < -0.3 is 4.74 Å². The molecule has 21 heavy (non-hydrogen) atoms.